The van der Waals surface area contributed by atoms with Crippen molar-refractivity contribution in [2.24, 2.45) is 5.73 Å². The fourth-order valence-corrected chi connectivity index (χ4v) is 1.68. The summed E-state index contributed by atoms with van der Waals surface area (Å²) >= 11 is 0. The predicted molar refractivity (Wildman–Crippen MR) is 75.0 cm³/mol. The molecule has 2 aromatic rings. The lowest BCUT2D eigenvalue weighted by molar-refractivity contribution is 0.0951. The van der Waals surface area contributed by atoms with Gasteiger partial charge in [0.1, 0.15) is 11.6 Å². The zero-order chi connectivity index (χ0) is 15.2. The average molecular weight is 288 g/mol. The maximum atomic E-state index is 12.8. The van der Waals surface area contributed by atoms with Crippen molar-refractivity contribution in [1.29, 1.82) is 0 Å². The second-order valence-electron chi connectivity index (χ2n) is 4.20. The van der Waals surface area contributed by atoms with Crippen LogP contribution in [0.3, 0.4) is 0 Å². The van der Waals surface area contributed by atoms with E-state index in [1.807, 2.05) is 0 Å². The summed E-state index contributed by atoms with van der Waals surface area (Å²) in [5.74, 6) is -0.678. The SMILES string of the molecule is NC(=O)Nc1ncccc1C(=O)NCc1ccc(F)cc1. The predicted octanol–water partition coefficient (Wildman–Crippen LogP) is 1.64. The fraction of sp³-hybridized carbons (Fsp3) is 0.0714. The molecule has 21 heavy (non-hydrogen) atoms. The van der Waals surface area contributed by atoms with E-state index in [9.17, 15) is 14.0 Å². The number of anilines is 1. The maximum absolute atomic E-state index is 12.8. The van der Waals surface area contributed by atoms with Crippen LogP contribution in [0.5, 0.6) is 0 Å². The first-order valence-corrected chi connectivity index (χ1v) is 6.10. The van der Waals surface area contributed by atoms with Crippen molar-refractivity contribution < 1.29 is 14.0 Å². The van der Waals surface area contributed by atoms with E-state index in [1.165, 1.54) is 24.4 Å². The van der Waals surface area contributed by atoms with Gasteiger partial charge >= 0.3 is 6.03 Å². The van der Waals surface area contributed by atoms with Crippen LogP contribution < -0.4 is 16.4 Å². The zero-order valence-electron chi connectivity index (χ0n) is 11.0. The topological polar surface area (TPSA) is 97.1 Å². The van der Waals surface area contributed by atoms with Gasteiger partial charge in [-0.1, -0.05) is 12.1 Å². The minimum atomic E-state index is -0.804. The van der Waals surface area contributed by atoms with Gasteiger partial charge in [-0.3, -0.25) is 10.1 Å². The van der Waals surface area contributed by atoms with Crippen molar-refractivity contribution >= 4 is 17.8 Å². The van der Waals surface area contributed by atoms with Crippen LogP contribution in [0.25, 0.3) is 0 Å². The number of nitrogens with zero attached hydrogens (tertiary/aromatic N) is 1. The highest BCUT2D eigenvalue weighted by Gasteiger charge is 2.13. The molecule has 0 bridgehead atoms. The standard InChI is InChI=1S/C14H13FN4O2/c15-10-5-3-9(4-6-10)8-18-13(20)11-2-1-7-17-12(11)19-14(16)21/h1-7H,8H2,(H,18,20)(H3,16,17,19,21). The van der Waals surface area contributed by atoms with E-state index in [4.69, 9.17) is 5.73 Å². The van der Waals surface area contributed by atoms with Crippen LogP contribution in [0.2, 0.25) is 0 Å². The number of carbonyl (C=O) groups excluding carboxylic acids is 2. The highest BCUT2D eigenvalue weighted by atomic mass is 19.1. The number of nitrogens with two attached hydrogens (primary N) is 1. The van der Waals surface area contributed by atoms with Gasteiger partial charge in [-0.2, -0.15) is 0 Å². The van der Waals surface area contributed by atoms with Crippen LogP contribution in [-0.2, 0) is 6.54 Å². The number of benzene rings is 1. The lowest BCUT2D eigenvalue weighted by atomic mass is 10.2. The Bertz CT molecular complexity index is 658. The Kier molecular flexibility index (Phi) is 4.45. The average Bonchev–Trinajstić information content (AvgIpc) is 2.46. The highest BCUT2D eigenvalue weighted by molar-refractivity contribution is 6.01. The number of rotatable bonds is 4. The van der Waals surface area contributed by atoms with Crippen molar-refractivity contribution in [3.8, 4) is 0 Å². The third kappa shape index (κ3) is 4.00. The number of pyridine rings is 1. The number of hydrogen-bond acceptors (Lipinski definition) is 3. The van der Waals surface area contributed by atoms with Crippen LogP contribution in [0.4, 0.5) is 15.0 Å². The molecule has 0 aliphatic rings. The molecule has 1 aromatic carbocycles. The Morgan fingerprint density at radius 2 is 1.90 bits per heavy atom. The first-order valence-electron chi connectivity index (χ1n) is 6.10. The normalized spacial score (nSPS) is 9.95. The molecule has 6 nitrogen and oxygen atoms in total. The molecule has 0 spiro atoms. The summed E-state index contributed by atoms with van der Waals surface area (Å²) < 4.78 is 12.8. The van der Waals surface area contributed by atoms with E-state index in [1.54, 1.807) is 18.2 Å². The quantitative estimate of drug-likeness (QED) is 0.797. The minimum Gasteiger partial charge on any atom is -0.351 e. The molecule has 1 heterocycles. The van der Waals surface area contributed by atoms with Crippen molar-refractivity contribution in [3.63, 3.8) is 0 Å². The first-order chi connectivity index (χ1) is 10.1. The zero-order valence-corrected chi connectivity index (χ0v) is 11.0. The maximum Gasteiger partial charge on any atom is 0.317 e. The van der Waals surface area contributed by atoms with E-state index in [-0.39, 0.29) is 23.7 Å². The molecule has 0 saturated carbocycles. The van der Waals surface area contributed by atoms with E-state index < -0.39 is 11.9 Å². The third-order valence-electron chi connectivity index (χ3n) is 2.66. The van der Waals surface area contributed by atoms with Gasteiger partial charge in [0.2, 0.25) is 0 Å². The van der Waals surface area contributed by atoms with E-state index >= 15 is 0 Å². The van der Waals surface area contributed by atoms with E-state index in [0.717, 1.165) is 5.56 Å². The Hall–Kier alpha value is -2.96. The molecule has 3 amide bonds. The summed E-state index contributed by atoms with van der Waals surface area (Å²) in [7, 11) is 0. The lowest BCUT2D eigenvalue weighted by Gasteiger charge is -2.09. The van der Waals surface area contributed by atoms with Gasteiger partial charge in [0.15, 0.2) is 0 Å². The number of primary amides is 1. The van der Waals surface area contributed by atoms with Gasteiger partial charge in [-0.15, -0.1) is 0 Å². The molecule has 0 aliphatic carbocycles. The van der Waals surface area contributed by atoms with Gasteiger partial charge < -0.3 is 11.1 Å². The number of urea groups is 1. The van der Waals surface area contributed by atoms with E-state index in [0.29, 0.717) is 0 Å². The molecule has 0 aliphatic heterocycles. The van der Waals surface area contributed by atoms with Gasteiger partial charge in [-0.25, -0.2) is 14.2 Å². The second-order valence-corrected chi connectivity index (χ2v) is 4.20. The molecule has 4 N–H and O–H groups in total. The van der Waals surface area contributed by atoms with Gasteiger partial charge in [0.25, 0.3) is 5.91 Å². The molecule has 0 unspecified atom stereocenters. The van der Waals surface area contributed by atoms with Crippen molar-refractivity contribution in [2.75, 3.05) is 5.32 Å². The van der Waals surface area contributed by atoms with Crippen molar-refractivity contribution in [2.45, 2.75) is 6.54 Å². The number of aromatic nitrogens is 1. The second kappa shape index (κ2) is 6.47. The van der Waals surface area contributed by atoms with Gasteiger partial charge in [0.05, 0.1) is 5.56 Å². The molecule has 108 valence electrons. The Labute approximate surface area is 120 Å². The molecule has 0 radical (unpaired) electrons. The van der Waals surface area contributed by atoms with Crippen LogP contribution in [-0.4, -0.2) is 16.9 Å². The molecule has 0 saturated heterocycles. The highest BCUT2D eigenvalue weighted by Crippen LogP contribution is 2.11. The fourth-order valence-electron chi connectivity index (χ4n) is 1.68. The van der Waals surface area contributed by atoms with E-state index in [2.05, 4.69) is 15.6 Å². The Morgan fingerprint density at radius 3 is 2.57 bits per heavy atom. The molecule has 7 heteroatoms. The van der Waals surface area contributed by atoms with Crippen molar-refractivity contribution in [3.05, 3.63) is 59.5 Å². The Balaban J connectivity index is 2.06. The molecule has 0 atom stereocenters. The molecule has 0 fully saturated rings. The van der Waals surface area contributed by atoms with Crippen molar-refractivity contribution in [1.82, 2.24) is 10.3 Å². The number of carbonyl (C=O) groups is 2. The summed E-state index contributed by atoms with van der Waals surface area (Å²) in [5.41, 5.74) is 5.96. The smallest absolute Gasteiger partial charge is 0.317 e. The Morgan fingerprint density at radius 1 is 1.19 bits per heavy atom. The first kappa shape index (κ1) is 14.4. The molecular weight excluding hydrogens is 275 g/mol. The molecular formula is C14H13FN4O2. The van der Waals surface area contributed by atoms with Crippen LogP contribution in [0.15, 0.2) is 42.6 Å². The number of halogens is 1. The number of amides is 3. The number of hydrogen-bond donors (Lipinski definition) is 3. The lowest BCUT2D eigenvalue weighted by Crippen LogP contribution is -2.27. The summed E-state index contributed by atoms with van der Waals surface area (Å²) in [6.07, 6.45) is 1.43. The monoisotopic (exact) mass is 288 g/mol. The largest absolute Gasteiger partial charge is 0.351 e. The summed E-state index contributed by atoms with van der Waals surface area (Å²) in [6, 6.07) is 8.04. The third-order valence-corrected chi connectivity index (χ3v) is 2.66. The molecule has 1 aromatic heterocycles. The van der Waals surface area contributed by atoms with Crippen LogP contribution in [0.1, 0.15) is 15.9 Å². The summed E-state index contributed by atoms with van der Waals surface area (Å²) in [6.45, 7) is 0.226. The molecule has 2 rings (SSSR count). The summed E-state index contributed by atoms with van der Waals surface area (Å²) in [4.78, 5) is 26.8. The van der Waals surface area contributed by atoms with Crippen LogP contribution >= 0.6 is 0 Å². The van der Waals surface area contributed by atoms with Gasteiger partial charge in [0, 0.05) is 12.7 Å². The van der Waals surface area contributed by atoms with Gasteiger partial charge in [-0.05, 0) is 29.8 Å². The number of nitrogens with one attached hydrogen (secondary N) is 2. The van der Waals surface area contributed by atoms with Crippen LogP contribution in [0, 0.1) is 5.82 Å². The minimum absolute atomic E-state index is 0.0848. The summed E-state index contributed by atoms with van der Waals surface area (Å²) in [5, 5.41) is 4.93.